The molecule has 2 aliphatic rings. The van der Waals surface area contributed by atoms with Gasteiger partial charge in [-0.05, 0) is 43.0 Å². The number of pyridine rings is 1. The van der Waals surface area contributed by atoms with E-state index in [0.29, 0.717) is 73.5 Å². The van der Waals surface area contributed by atoms with Crippen LogP contribution < -0.4 is 30.2 Å². The van der Waals surface area contributed by atoms with Crippen LogP contribution in [-0.4, -0.2) is 67.0 Å². The lowest BCUT2D eigenvalue weighted by molar-refractivity contribution is -0.143. The number of aromatic nitrogens is 2. The van der Waals surface area contributed by atoms with Crippen molar-refractivity contribution in [3.63, 3.8) is 0 Å². The topological polar surface area (TPSA) is 136 Å². The Morgan fingerprint density at radius 1 is 0.962 bits per heavy atom. The highest BCUT2D eigenvalue weighted by Crippen LogP contribution is 2.45. The lowest BCUT2D eigenvalue weighted by atomic mass is 9.98. The smallest absolute Gasteiger partial charge is 0.310 e. The summed E-state index contributed by atoms with van der Waals surface area (Å²) in [6.07, 6.45) is 4.79. The largest absolute Gasteiger partial charge is 0.496 e. The molecule has 1 aliphatic carbocycles. The van der Waals surface area contributed by atoms with Gasteiger partial charge in [0.2, 0.25) is 11.8 Å². The summed E-state index contributed by atoms with van der Waals surface area (Å²) < 4.78 is 19.4. The SMILES string of the molecule is COc1cc(-n2ccc3c(-c4cccc(-c5ccc(CNC[C@@H]6CCC(=O)N6)c(OC)n5)c4Cl)cccc32)cc(OC)c1CNCC1(C(=O)O)CC1. The number of hydrogen-bond acceptors (Lipinski definition) is 8. The van der Waals surface area contributed by atoms with Gasteiger partial charge in [-0.3, -0.25) is 9.59 Å². The van der Waals surface area contributed by atoms with Crippen LogP contribution in [0.25, 0.3) is 39.0 Å². The molecule has 0 unspecified atom stereocenters. The predicted octanol–water partition coefficient (Wildman–Crippen LogP) is 6.36. The molecule has 3 aromatic carbocycles. The minimum atomic E-state index is -0.760. The zero-order valence-corrected chi connectivity index (χ0v) is 30.2. The fraction of sp³-hybridized carbons (Fsp3) is 0.325. The van der Waals surface area contributed by atoms with Gasteiger partial charge in [0, 0.05) is 79.0 Å². The summed E-state index contributed by atoms with van der Waals surface area (Å²) in [4.78, 5) is 28.0. The minimum Gasteiger partial charge on any atom is -0.496 e. The molecule has 2 aromatic heterocycles. The molecule has 11 nitrogen and oxygen atoms in total. The molecule has 3 heterocycles. The molecule has 12 heteroatoms. The number of halogens is 1. The Kier molecular flexibility index (Phi) is 10.1. The molecule has 5 aromatic rings. The molecular formula is C40H42ClN5O6. The van der Waals surface area contributed by atoms with E-state index in [0.717, 1.165) is 50.8 Å². The van der Waals surface area contributed by atoms with E-state index in [2.05, 4.69) is 38.7 Å². The third kappa shape index (κ3) is 6.91. The van der Waals surface area contributed by atoms with E-state index >= 15 is 0 Å². The van der Waals surface area contributed by atoms with Gasteiger partial charge in [0.25, 0.3) is 0 Å². The molecule has 2 fully saturated rings. The zero-order chi connectivity index (χ0) is 36.4. The number of nitrogens with one attached hydrogen (secondary N) is 3. The number of carboxylic acids is 1. The first-order chi connectivity index (χ1) is 25.2. The summed E-state index contributed by atoms with van der Waals surface area (Å²) in [7, 11) is 4.85. The van der Waals surface area contributed by atoms with Crippen molar-refractivity contribution >= 4 is 34.4 Å². The summed E-state index contributed by atoms with van der Waals surface area (Å²) in [5.74, 6) is 1.14. The van der Waals surface area contributed by atoms with Gasteiger partial charge >= 0.3 is 5.97 Å². The maximum Gasteiger partial charge on any atom is 0.310 e. The Morgan fingerprint density at radius 3 is 2.37 bits per heavy atom. The Balaban J connectivity index is 1.15. The van der Waals surface area contributed by atoms with E-state index in [4.69, 9.17) is 30.8 Å². The van der Waals surface area contributed by atoms with Gasteiger partial charge in [0.1, 0.15) is 11.5 Å². The van der Waals surface area contributed by atoms with E-state index < -0.39 is 11.4 Å². The Hall–Kier alpha value is -5.10. The van der Waals surface area contributed by atoms with E-state index in [1.165, 1.54) is 0 Å². The summed E-state index contributed by atoms with van der Waals surface area (Å²) in [6, 6.07) is 22.2. The normalized spacial score (nSPS) is 16.2. The van der Waals surface area contributed by atoms with Gasteiger partial charge in [-0.25, -0.2) is 4.98 Å². The van der Waals surface area contributed by atoms with Gasteiger partial charge in [0.15, 0.2) is 0 Å². The zero-order valence-electron chi connectivity index (χ0n) is 29.4. The molecule has 1 saturated carbocycles. The average molecular weight is 724 g/mol. The fourth-order valence-electron chi connectivity index (χ4n) is 7.03. The molecule has 0 radical (unpaired) electrons. The van der Waals surface area contributed by atoms with Crippen molar-refractivity contribution in [2.24, 2.45) is 5.41 Å². The summed E-state index contributed by atoms with van der Waals surface area (Å²) in [5.41, 5.74) is 6.23. The van der Waals surface area contributed by atoms with Crippen LogP contribution in [0, 0.1) is 5.41 Å². The molecular weight excluding hydrogens is 682 g/mol. The molecule has 1 saturated heterocycles. The number of methoxy groups -OCH3 is 3. The second-order valence-electron chi connectivity index (χ2n) is 13.4. The predicted molar refractivity (Wildman–Crippen MR) is 200 cm³/mol. The van der Waals surface area contributed by atoms with Crippen LogP contribution in [0.2, 0.25) is 5.02 Å². The molecule has 1 amide bonds. The van der Waals surface area contributed by atoms with Gasteiger partial charge in [-0.1, -0.05) is 48.0 Å². The van der Waals surface area contributed by atoms with Gasteiger partial charge in [-0.2, -0.15) is 0 Å². The number of nitrogens with zero attached hydrogens (tertiary/aromatic N) is 2. The van der Waals surface area contributed by atoms with Crippen LogP contribution in [-0.2, 0) is 22.7 Å². The van der Waals surface area contributed by atoms with Crippen molar-refractivity contribution in [2.45, 2.75) is 44.8 Å². The van der Waals surface area contributed by atoms with Crippen molar-refractivity contribution < 1.29 is 28.9 Å². The lowest BCUT2D eigenvalue weighted by Gasteiger charge is -2.18. The number of fused-ring (bicyclic) bond motifs is 1. The number of ether oxygens (including phenoxy) is 3. The van der Waals surface area contributed by atoms with Crippen LogP contribution in [0.15, 0.2) is 72.9 Å². The molecule has 7 rings (SSSR count). The summed E-state index contributed by atoms with van der Waals surface area (Å²) >= 11 is 7.19. The molecule has 1 aliphatic heterocycles. The average Bonchev–Trinajstić information content (AvgIpc) is 3.64. The van der Waals surface area contributed by atoms with Crippen molar-refractivity contribution in [1.82, 2.24) is 25.5 Å². The van der Waals surface area contributed by atoms with Crippen molar-refractivity contribution in [2.75, 3.05) is 34.4 Å². The van der Waals surface area contributed by atoms with E-state index in [1.807, 2.05) is 54.7 Å². The summed E-state index contributed by atoms with van der Waals surface area (Å²) in [5, 5.41) is 20.9. The standard InChI is InChI=1S/C40H42ClN5O6/c1-50-34-18-26(19-35(51-2)31(34)22-43-23-40(15-16-40)39(48)49)46-17-14-28-27(6-5-9-33(28)46)29-7-4-8-30(37(29)41)32-12-10-24(38(45-32)52-3)20-42-21-25-11-13-36(47)44-25/h4-10,12,14,17-19,25,42-43H,11,13,15-16,20-23H2,1-3H3,(H,44,47)(H,48,49)/t25-/m0/s1. The monoisotopic (exact) mass is 723 g/mol. The van der Waals surface area contributed by atoms with Crippen molar-refractivity contribution in [3.8, 4) is 45.5 Å². The van der Waals surface area contributed by atoms with Gasteiger partial charge < -0.3 is 39.8 Å². The van der Waals surface area contributed by atoms with Crippen LogP contribution in [0.3, 0.4) is 0 Å². The first kappa shape index (κ1) is 35.3. The highest BCUT2D eigenvalue weighted by molar-refractivity contribution is 6.36. The molecule has 1 atom stereocenters. The van der Waals surface area contributed by atoms with Crippen LogP contribution in [0.5, 0.6) is 17.4 Å². The van der Waals surface area contributed by atoms with E-state index in [9.17, 15) is 14.7 Å². The maximum atomic E-state index is 11.7. The third-order valence-corrected chi connectivity index (χ3v) is 10.6. The van der Waals surface area contributed by atoms with Gasteiger partial charge in [-0.15, -0.1) is 0 Å². The van der Waals surface area contributed by atoms with Crippen LogP contribution >= 0.6 is 11.6 Å². The van der Waals surface area contributed by atoms with E-state index in [-0.39, 0.29) is 11.9 Å². The first-order valence-corrected chi connectivity index (χ1v) is 17.8. The number of carboxylic acid groups (broad SMARTS) is 1. The minimum absolute atomic E-state index is 0.0996. The Morgan fingerprint density at radius 2 is 1.69 bits per heavy atom. The van der Waals surface area contributed by atoms with Crippen LogP contribution in [0.4, 0.5) is 0 Å². The second-order valence-corrected chi connectivity index (χ2v) is 13.8. The van der Waals surface area contributed by atoms with Crippen molar-refractivity contribution in [1.29, 1.82) is 0 Å². The molecule has 4 N–H and O–H groups in total. The number of benzene rings is 3. The Labute approximate surface area is 307 Å². The lowest BCUT2D eigenvalue weighted by Crippen LogP contribution is -2.35. The fourth-order valence-corrected chi connectivity index (χ4v) is 7.36. The number of carbonyl (C=O) groups excluding carboxylic acids is 1. The number of carbonyl (C=O) groups is 2. The third-order valence-electron chi connectivity index (χ3n) is 10.2. The molecule has 0 bridgehead atoms. The van der Waals surface area contributed by atoms with Gasteiger partial charge in [0.05, 0.1) is 54.2 Å². The van der Waals surface area contributed by atoms with E-state index in [1.54, 1.807) is 21.3 Å². The maximum absolute atomic E-state index is 11.7. The first-order valence-electron chi connectivity index (χ1n) is 17.4. The van der Waals surface area contributed by atoms with Crippen molar-refractivity contribution in [3.05, 3.63) is 89.1 Å². The molecule has 0 spiro atoms. The number of rotatable bonds is 15. The summed E-state index contributed by atoms with van der Waals surface area (Å²) in [6.45, 7) is 2.04. The number of hydrogen-bond donors (Lipinski definition) is 4. The highest BCUT2D eigenvalue weighted by atomic mass is 35.5. The number of amides is 1. The molecule has 52 heavy (non-hydrogen) atoms. The molecule has 270 valence electrons. The Bertz CT molecular complexity index is 2120. The highest BCUT2D eigenvalue weighted by Gasteiger charge is 2.49. The quantitative estimate of drug-likeness (QED) is 0.0973. The van der Waals surface area contributed by atoms with Crippen LogP contribution in [0.1, 0.15) is 36.8 Å². The second kappa shape index (κ2) is 14.9. The number of aliphatic carboxylic acids is 1.